The van der Waals surface area contributed by atoms with Crippen LogP contribution in [0.4, 0.5) is 0 Å². The van der Waals surface area contributed by atoms with Crippen LogP contribution in [0.25, 0.3) is 0 Å². The molecule has 0 saturated carbocycles. The van der Waals surface area contributed by atoms with Crippen LogP contribution in [-0.4, -0.2) is 32.1 Å². The van der Waals surface area contributed by atoms with E-state index >= 15 is 0 Å². The lowest BCUT2D eigenvalue weighted by Gasteiger charge is -2.10. The number of rotatable bonds is 6. The van der Waals surface area contributed by atoms with E-state index in [9.17, 15) is 4.79 Å². The maximum atomic E-state index is 12.0. The van der Waals surface area contributed by atoms with Crippen LogP contribution in [0.15, 0.2) is 24.3 Å². The van der Waals surface area contributed by atoms with E-state index < -0.39 is 0 Å². The molecule has 1 saturated heterocycles. The van der Waals surface area contributed by atoms with Gasteiger partial charge in [-0.2, -0.15) is 0 Å². The first kappa shape index (κ1) is 16.8. The van der Waals surface area contributed by atoms with Gasteiger partial charge in [-0.15, -0.1) is 12.4 Å². The van der Waals surface area contributed by atoms with Gasteiger partial charge in [0.1, 0.15) is 5.75 Å². The van der Waals surface area contributed by atoms with E-state index in [1.807, 2.05) is 25.1 Å². The molecule has 1 aliphatic heterocycles. The summed E-state index contributed by atoms with van der Waals surface area (Å²) in [5, 5.41) is 6.31. The van der Waals surface area contributed by atoms with Crippen molar-refractivity contribution in [2.75, 3.05) is 26.2 Å². The Morgan fingerprint density at radius 3 is 3.05 bits per heavy atom. The Balaban J connectivity index is 0.00000200. The van der Waals surface area contributed by atoms with Crippen molar-refractivity contribution in [2.24, 2.45) is 5.92 Å². The summed E-state index contributed by atoms with van der Waals surface area (Å²) in [4.78, 5) is 12.0. The van der Waals surface area contributed by atoms with Crippen LogP contribution < -0.4 is 15.4 Å². The van der Waals surface area contributed by atoms with Crippen molar-refractivity contribution in [3.8, 4) is 5.75 Å². The number of hydrogen-bond donors (Lipinski definition) is 2. The molecule has 20 heavy (non-hydrogen) atoms. The van der Waals surface area contributed by atoms with Crippen LogP contribution >= 0.6 is 12.4 Å². The molecule has 0 bridgehead atoms. The molecular weight excluding hydrogens is 276 g/mol. The molecule has 4 nitrogen and oxygen atoms in total. The van der Waals surface area contributed by atoms with Gasteiger partial charge in [0.2, 0.25) is 0 Å². The maximum Gasteiger partial charge on any atom is 0.251 e. The topological polar surface area (TPSA) is 50.4 Å². The van der Waals surface area contributed by atoms with Gasteiger partial charge in [0, 0.05) is 12.1 Å². The summed E-state index contributed by atoms with van der Waals surface area (Å²) < 4.78 is 5.39. The molecule has 0 radical (unpaired) electrons. The Hall–Kier alpha value is -1.26. The predicted octanol–water partition coefficient (Wildman–Crippen LogP) is 2.24. The van der Waals surface area contributed by atoms with Crippen molar-refractivity contribution in [3.63, 3.8) is 0 Å². The maximum absolute atomic E-state index is 12.0. The van der Waals surface area contributed by atoms with Gasteiger partial charge in [-0.05, 0) is 57.0 Å². The molecule has 0 aromatic heterocycles. The molecule has 0 spiro atoms. The van der Waals surface area contributed by atoms with E-state index in [2.05, 4.69) is 10.6 Å². The van der Waals surface area contributed by atoms with Gasteiger partial charge in [0.15, 0.2) is 0 Å². The minimum Gasteiger partial charge on any atom is -0.494 e. The summed E-state index contributed by atoms with van der Waals surface area (Å²) in [6.45, 7) is 5.47. The Bertz CT molecular complexity index is 420. The average Bonchev–Trinajstić information content (AvgIpc) is 2.92. The van der Waals surface area contributed by atoms with Crippen molar-refractivity contribution in [1.29, 1.82) is 0 Å². The fraction of sp³-hybridized carbons (Fsp3) is 0.533. The van der Waals surface area contributed by atoms with Gasteiger partial charge in [0.25, 0.3) is 5.91 Å². The fourth-order valence-electron chi connectivity index (χ4n) is 2.35. The number of hydrogen-bond acceptors (Lipinski definition) is 3. The summed E-state index contributed by atoms with van der Waals surface area (Å²) in [5.41, 5.74) is 0.662. The summed E-state index contributed by atoms with van der Waals surface area (Å²) in [6.07, 6.45) is 2.26. The standard InChI is InChI=1S/C15H22N2O2.ClH/c1-2-19-14-5-3-4-13(10-14)15(18)17-9-7-12-6-8-16-11-12;/h3-5,10,12,16H,2,6-9,11H2,1H3,(H,17,18);1H. The molecule has 0 aliphatic carbocycles. The second kappa shape index (κ2) is 8.82. The minimum atomic E-state index is -0.0208. The molecular formula is C15H23ClN2O2. The van der Waals surface area contributed by atoms with Crippen LogP contribution in [0, 0.1) is 5.92 Å². The molecule has 1 fully saturated rings. The molecule has 1 aliphatic rings. The predicted molar refractivity (Wildman–Crippen MR) is 82.8 cm³/mol. The fourth-order valence-corrected chi connectivity index (χ4v) is 2.35. The molecule has 2 N–H and O–H groups in total. The van der Waals surface area contributed by atoms with Gasteiger partial charge in [-0.1, -0.05) is 6.07 Å². The highest BCUT2D eigenvalue weighted by Crippen LogP contribution is 2.14. The lowest BCUT2D eigenvalue weighted by molar-refractivity contribution is 0.0951. The third-order valence-corrected chi connectivity index (χ3v) is 3.41. The lowest BCUT2D eigenvalue weighted by Crippen LogP contribution is -2.26. The zero-order chi connectivity index (χ0) is 13.5. The lowest BCUT2D eigenvalue weighted by atomic mass is 10.1. The zero-order valence-corrected chi connectivity index (χ0v) is 12.7. The van der Waals surface area contributed by atoms with Crippen molar-refractivity contribution >= 4 is 18.3 Å². The molecule has 1 aromatic carbocycles. The van der Waals surface area contributed by atoms with Crippen molar-refractivity contribution < 1.29 is 9.53 Å². The largest absolute Gasteiger partial charge is 0.494 e. The molecule has 1 heterocycles. The van der Waals surface area contributed by atoms with Crippen LogP contribution in [-0.2, 0) is 0 Å². The zero-order valence-electron chi connectivity index (χ0n) is 11.9. The van der Waals surface area contributed by atoms with E-state index in [1.54, 1.807) is 6.07 Å². The normalized spacial score (nSPS) is 17.4. The van der Waals surface area contributed by atoms with E-state index in [4.69, 9.17) is 4.74 Å². The molecule has 1 amide bonds. The molecule has 1 aromatic rings. The van der Waals surface area contributed by atoms with Gasteiger partial charge < -0.3 is 15.4 Å². The average molecular weight is 299 g/mol. The quantitative estimate of drug-likeness (QED) is 0.847. The second-order valence-electron chi connectivity index (χ2n) is 4.86. The number of carbonyl (C=O) groups is 1. The molecule has 1 atom stereocenters. The molecule has 5 heteroatoms. The highest BCUT2D eigenvalue weighted by atomic mass is 35.5. The van der Waals surface area contributed by atoms with Crippen molar-refractivity contribution in [1.82, 2.24) is 10.6 Å². The van der Waals surface area contributed by atoms with Crippen LogP contribution in [0.2, 0.25) is 0 Å². The first-order chi connectivity index (χ1) is 9.29. The third kappa shape index (κ3) is 5.02. The summed E-state index contributed by atoms with van der Waals surface area (Å²) in [5.74, 6) is 1.43. The van der Waals surface area contributed by atoms with Gasteiger partial charge in [-0.3, -0.25) is 4.79 Å². The van der Waals surface area contributed by atoms with E-state index in [0.717, 1.165) is 31.8 Å². The minimum absolute atomic E-state index is 0. The molecule has 2 rings (SSSR count). The summed E-state index contributed by atoms with van der Waals surface area (Å²) >= 11 is 0. The first-order valence-corrected chi connectivity index (χ1v) is 7.01. The van der Waals surface area contributed by atoms with Gasteiger partial charge in [0.05, 0.1) is 6.61 Å². The van der Waals surface area contributed by atoms with Crippen LogP contribution in [0.3, 0.4) is 0 Å². The van der Waals surface area contributed by atoms with E-state index in [-0.39, 0.29) is 18.3 Å². The Morgan fingerprint density at radius 2 is 2.35 bits per heavy atom. The highest BCUT2D eigenvalue weighted by Gasteiger charge is 2.14. The third-order valence-electron chi connectivity index (χ3n) is 3.41. The van der Waals surface area contributed by atoms with E-state index in [1.165, 1.54) is 6.42 Å². The number of halogens is 1. The van der Waals surface area contributed by atoms with Crippen molar-refractivity contribution in [2.45, 2.75) is 19.8 Å². The van der Waals surface area contributed by atoms with Crippen molar-refractivity contribution in [3.05, 3.63) is 29.8 Å². The van der Waals surface area contributed by atoms with Gasteiger partial charge in [-0.25, -0.2) is 0 Å². The Morgan fingerprint density at radius 1 is 1.50 bits per heavy atom. The Kier molecular flexibility index (Phi) is 7.41. The van der Waals surface area contributed by atoms with Gasteiger partial charge >= 0.3 is 0 Å². The van der Waals surface area contributed by atoms with Crippen LogP contribution in [0.5, 0.6) is 5.75 Å². The summed E-state index contributed by atoms with van der Waals surface area (Å²) in [7, 11) is 0. The summed E-state index contributed by atoms with van der Waals surface area (Å²) in [6, 6.07) is 7.32. The number of ether oxygens (including phenoxy) is 1. The second-order valence-corrected chi connectivity index (χ2v) is 4.86. The monoisotopic (exact) mass is 298 g/mol. The number of carbonyl (C=O) groups excluding carboxylic acids is 1. The smallest absolute Gasteiger partial charge is 0.251 e. The van der Waals surface area contributed by atoms with Crippen LogP contribution in [0.1, 0.15) is 30.1 Å². The first-order valence-electron chi connectivity index (χ1n) is 7.01. The number of nitrogens with one attached hydrogen (secondary N) is 2. The molecule has 112 valence electrons. The Labute approximate surface area is 126 Å². The van der Waals surface area contributed by atoms with E-state index in [0.29, 0.717) is 18.1 Å². The highest BCUT2D eigenvalue weighted by molar-refractivity contribution is 5.94. The SMILES string of the molecule is CCOc1cccc(C(=O)NCCC2CCNC2)c1.Cl. The number of benzene rings is 1. The number of amides is 1. The molecule has 1 unspecified atom stereocenters.